The van der Waals surface area contributed by atoms with E-state index in [-0.39, 0.29) is 18.9 Å². The van der Waals surface area contributed by atoms with Gasteiger partial charge in [0, 0.05) is 17.9 Å². The van der Waals surface area contributed by atoms with Crippen molar-refractivity contribution in [1.82, 2.24) is 9.38 Å². The minimum absolute atomic E-state index is 0. The van der Waals surface area contributed by atoms with Crippen LogP contribution in [0.25, 0.3) is 38.4 Å². The predicted octanol–water partition coefficient (Wildman–Crippen LogP) is 5.48. The van der Waals surface area contributed by atoms with E-state index in [1.165, 1.54) is 44.1 Å². The van der Waals surface area contributed by atoms with E-state index in [2.05, 4.69) is 99.5 Å². The molecule has 5 rings (SSSR count). The van der Waals surface area contributed by atoms with E-state index in [1.54, 1.807) is 0 Å². The third-order valence-electron chi connectivity index (χ3n) is 6.69. The Bertz CT molecular complexity index is 1430. The van der Waals surface area contributed by atoms with Crippen molar-refractivity contribution in [3.8, 4) is 11.1 Å². The Morgan fingerprint density at radius 1 is 0.818 bits per heavy atom. The van der Waals surface area contributed by atoms with Crippen molar-refractivity contribution in [3.63, 3.8) is 0 Å². The maximum Gasteiger partial charge on any atom is 1.00 e. The zero-order chi connectivity index (χ0) is 22.6. The molecule has 0 amide bonds. The summed E-state index contributed by atoms with van der Waals surface area (Å²) in [6.45, 7) is 13.8. The standard InChI is InChI=1S/C30H31N2.Li/c1-18(2)22-16-25(19(3)4)29(26(17-22)20(5)6)21-11-12-28-27(15-21)23-9-7-8-10-24(23)30-31-13-14-32(28)30;/h7-9,11-20H,1-6H3;/q-1;+1. The van der Waals surface area contributed by atoms with Crippen LogP contribution in [0.2, 0.25) is 0 Å². The Labute approximate surface area is 209 Å². The van der Waals surface area contributed by atoms with Crippen molar-refractivity contribution in [2.45, 2.75) is 59.3 Å². The Balaban J connectivity index is 0.00000259. The molecule has 0 atom stereocenters. The van der Waals surface area contributed by atoms with Gasteiger partial charge in [-0.05, 0) is 57.0 Å². The summed E-state index contributed by atoms with van der Waals surface area (Å²) in [7, 11) is 0. The molecule has 0 bridgehead atoms. The molecule has 3 aromatic carbocycles. The van der Waals surface area contributed by atoms with Crippen LogP contribution in [-0.2, 0) is 0 Å². The fraction of sp³-hybridized carbons (Fsp3) is 0.300. The Morgan fingerprint density at radius 3 is 2.15 bits per heavy atom. The van der Waals surface area contributed by atoms with Crippen LogP contribution in [0.5, 0.6) is 0 Å². The third kappa shape index (κ3) is 3.90. The van der Waals surface area contributed by atoms with Crippen LogP contribution < -0.4 is 18.9 Å². The van der Waals surface area contributed by atoms with Crippen molar-refractivity contribution < 1.29 is 18.9 Å². The number of fused-ring (bicyclic) bond motifs is 6. The summed E-state index contributed by atoms with van der Waals surface area (Å²) in [6, 6.07) is 21.5. The Kier molecular flexibility index (Phi) is 6.45. The first-order valence-corrected chi connectivity index (χ1v) is 11.7. The van der Waals surface area contributed by atoms with Gasteiger partial charge in [-0.15, -0.1) is 29.7 Å². The summed E-state index contributed by atoms with van der Waals surface area (Å²) >= 11 is 0. The summed E-state index contributed by atoms with van der Waals surface area (Å²) in [4.78, 5) is 4.61. The number of benzene rings is 3. The van der Waals surface area contributed by atoms with E-state index in [0.29, 0.717) is 17.8 Å². The van der Waals surface area contributed by atoms with Gasteiger partial charge >= 0.3 is 18.9 Å². The van der Waals surface area contributed by atoms with Crippen LogP contribution in [0.3, 0.4) is 0 Å². The first kappa shape index (κ1) is 23.6. The molecular weight excluding hydrogens is 395 g/mol. The molecule has 162 valence electrons. The van der Waals surface area contributed by atoms with Gasteiger partial charge in [-0.25, -0.2) is 0 Å². The summed E-state index contributed by atoms with van der Waals surface area (Å²) in [5, 5.41) is 3.53. The second-order valence-corrected chi connectivity index (χ2v) is 9.85. The van der Waals surface area contributed by atoms with E-state index >= 15 is 0 Å². The van der Waals surface area contributed by atoms with Gasteiger partial charge in [0.25, 0.3) is 0 Å². The second kappa shape index (κ2) is 9.02. The van der Waals surface area contributed by atoms with Crippen molar-refractivity contribution in [2.75, 3.05) is 0 Å². The number of hydrogen-bond acceptors (Lipinski definition) is 1. The smallest absolute Gasteiger partial charge is 0.340 e. The van der Waals surface area contributed by atoms with Gasteiger partial charge in [0.15, 0.2) is 0 Å². The average molecular weight is 427 g/mol. The van der Waals surface area contributed by atoms with Gasteiger partial charge in [0.2, 0.25) is 0 Å². The molecule has 0 saturated heterocycles. The number of hydrogen-bond donors (Lipinski definition) is 0. The molecule has 3 heteroatoms. The maximum absolute atomic E-state index is 4.61. The SMILES string of the molecule is CC(C)c1cc(C(C)C)c(-c2ccc3c(c2)c2ccc[c-]c2c2nccn32)c(C(C)C)c1.[Li+]. The molecule has 5 aromatic rings. The van der Waals surface area contributed by atoms with Gasteiger partial charge < -0.3 is 4.40 Å². The molecule has 0 unspecified atom stereocenters. The molecule has 0 aliphatic carbocycles. The molecule has 0 radical (unpaired) electrons. The van der Waals surface area contributed by atoms with Crippen molar-refractivity contribution >= 4 is 27.3 Å². The van der Waals surface area contributed by atoms with E-state index in [4.69, 9.17) is 0 Å². The number of aromatic nitrogens is 2. The molecule has 2 aromatic heterocycles. The quantitative estimate of drug-likeness (QED) is 0.211. The van der Waals surface area contributed by atoms with E-state index in [0.717, 1.165) is 11.0 Å². The molecule has 2 nitrogen and oxygen atoms in total. The first-order chi connectivity index (χ1) is 15.4. The van der Waals surface area contributed by atoms with Crippen LogP contribution in [0.1, 0.15) is 76.0 Å². The molecular formula is C30H31LiN2. The fourth-order valence-corrected chi connectivity index (χ4v) is 4.94. The molecule has 0 aliphatic heterocycles. The van der Waals surface area contributed by atoms with E-state index in [9.17, 15) is 0 Å². The van der Waals surface area contributed by atoms with Gasteiger partial charge in [-0.2, -0.15) is 0 Å². The number of nitrogens with zero attached hydrogens (tertiary/aromatic N) is 2. The average Bonchev–Trinajstić information content (AvgIpc) is 3.28. The molecule has 0 N–H and O–H groups in total. The van der Waals surface area contributed by atoms with Crippen LogP contribution in [0, 0.1) is 6.07 Å². The molecule has 33 heavy (non-hydrogen) atoms. The van der Waals surface area contributed by atoms with Crippen LogP contribution in [-0.4, -0.2) is 9.38 Å². The van der Waals surface area contributed by atoms with Crippen LogP contribution in [0.15, 0.2) is 60.9 Å². The Morgan fingerprint density at radius 2 is 1.52 bits per heavy atom. The Hall–Kier alpha value is -2.53. The topological polar surface area (TPSA) is 17.3 Å². The zero-order valence-corrected chi connectivity index (χ0v) is 20.9. The summed E-state index contributed by atoms with van der Waals surface area (Å²) < 4.78 is 2.19. The predicted molar refractivity (Wildman–Crippen MR) is 137 cm³/mol. The maximum atomic E-state index is 4.61. The summed E-state index contributed by atoms with van der Waals surface area (Å²) in [5.41, 5.74) is 9.17. The first-order valence-electron chi connectivity index (χ1n) is 11.7. The van der Waals surface area contributed by atoms with Crippen molar-refractivity contribution in [3.05, 3.63) is 83.7 Å². The molecule has 2 heterocycles. The minimum Gasteiger partial charge on any atom is -0.340 e. The van der Waals surface area contributed by atoms with Crippen LogP contribution in [0.4, 0.5) is 0 Å². The summed E-state index contributed by atoms with van der Waals surface area (Å²) in [6.07, 6.45) is 3.93. The molecule has 0 fully saturated rings. The number of imidazole rings is 1. The minimum atomic E-state index is 0. The van der Waals surface area contributed by atoms with Gasteiger partial charge in [-0.3, -0.25) is 4.98 Å². The molecule has 0 spiro atoms. The normalized spacial score (nSPS) is 11.9. The zero-order valence-electron chi connectivity index (χ0n) is 20.9. The summed E-state index contributed by atoms with van der Waals surface area (Å²) in [5.74, 6) is 1.43. The molecule has 0 aliphatic rings. The number of pyridine rings is 1. The van der Waals surface area contributed by atoms with Gasteiger partial charge in [0.1, 0.15) is 0 Å². The monoisotopic (exact) mass is 426 g/mol. The molecule has 0 saturated carbocycles. The van der Waals surface area contributed by atoms with Crippen molar-refractivity contribution in [1.29, 1.82) is 0 Å². The second-order valence-electron chi connectivity index (χ2n) is 9.85. The van der Waals surface area contributed by atoms with Gasteiger partial charge in [0.05, 0.1) is 5.65 Å². The third-order valence-corrected chi connectivity index (χ3v) is 6.69. The fourth-order valence-electron chi connectivity index (χ4n) is 4.94. The largest absolute Gasteiger partial charge is 1.00 e. The van der Waals surface area contributed by atoms with Crippen molar-refractivity contribution in [2.24, 2.45) is 0 Å². The van der Waals surface area contributed by atoms with Gasteiger partial charge in [-0.1, -0.05) is 71.2 Å². The van der Waals surface area contributed by atoms with E-state index in [1.807, 2.05) is 18.5 Å². The van der Waals surface area contributed by atoms with E-state index < -0.39 is 0 Å². The van der Waals surface area contributed by atoms with Crippen LogP contribution >= 0.6 is 0 Å². The number of rotatable bonds is 4.